The van der Waals surface area contributed by atoms with Gasteiger partial charge in [-0.25, -0.2) is 4.79 Å². The maximum Gasteiger partial charge on any atom is 0.344 e. The summed E-state index contributed by atoms with van der Waals surface area (Å²) in [5.41, 5.74) is 5.16. The third-order valence-electron chi connectivity index (χ3n) is 16.0. The maximum atomic E-state index is 15.5. The van der Waals surface area contributed by atoms with E-state index in [1.807, 2.05) is 43.1 Å². The van der Waals surface area contributed by atoms with Gasteiger partial charge in [-0.2, -0.15) is 0 Å². The lowest BCUT2D eigenvalue weighted by atomic mass is 9.47. The molecule has 6 aliphatic rings. The Morgan fingerprint density at radius 3 is 2.45 bits per heavy atom. The minimum atomic E-state index is -2.31. The van der Waals surface area contributed by atoms with Gasteiger partial charge in [0.15, 0.2) is 11.2 Å². The van der Waals surface area contributed by atoms with Gasteiger partial charge in [-0.1, -0.05) is 44.2 Å². The number of ether oxygens (including phenoxy) is 4. The topological polar surface area (TPSA) is 172 Å². The number of nitrogens with zero attached hydrogens (tertiary/aromatic N) is 3. The third kappa shape index (κ3) is 5.62. The number of nitrogens with one attached hydrogen (secondary N) is 2. The fourth-order valence-corrected chi connectivity index (χ4v) is 14.2. The van der Waals surface area contributed by atoms with Crippen LogP contribution in [0.15, 0.2) is 48.6 Å². The summed E-state index contributed by atoms with van der Waals surface area (Å²) in [6.45, 7) is 9.03. The van der Waals surface area contributed by atoms with E-state index in [1.165, 1.54) is 21.1 Å². The number of rotatable bonds is 8. The molecule has 332 valence electrons. The molecule has 1 aliphatic carbocycles. The molecule has 3 aromatic rings. The van der Waals surface area contributed by atoms with E-state index in [0.29, 0.717) is 56.5 Å². The van der Waals surface area contributed by atoms with Gasteiger partial charge in [0.05, 0.1) is 32.9 Å². The number of hydrogen-bond donors (Lipinski definition) is 4. The number of thiocarbonyl (C=S) groups is 1. The van der Waals surface area contributed by atoms with Crippen LogP contribution in [0, 0.1) is 11.3 Å². The van der Waals surface area contributed by atoms with Crippen LogP contribution in [0.5, 0.6) is 5.75 Å². The van der Waals surface area contributed by atoms with Crippen LogP contribution in [0.25, 0.3) is 10.9 Å². The number of aromatic nitrogens is 1. The molecule has 62 heavy (non-hydrogen) atoms. The van der Waals surface area contributed by atoms with Crippen LogP contribution in [0.2, 0.25) is 0 Å². The molecule has 9 rings (SSSR count). The summed E-state index contributed by atoms with van der Waals surface area (Å²) in [5, 5.41) is 18.2. The Hall–Kier alpha value is -4.70. The molecule has 5 aliphatic heterocycles. The zero-order valence-corrected chi connectivity index (χ0v) is 37.7. The van der Waals surface area contributed by atoms with E-state index in [9.17, 15) is 14.7 Å². The highest BCUT2D eigenvalue weighted by Crippen LogP contribution is 2.68. The van der Waals surface area contributed by atoms with E-state index >= 15 is 4.79 Å². The predicted molar refractivity (Wildman–Crippen MR) is 238 cm³/mol. The fraction of sp³-hybridized carbons (Fsp3) is 0.574. The quantitative estimate of drug-likeness (QED) is 0.112. The van der Waals surface area contributed by atoms with Crippen molar-refractivity contribution in [3.63, 3.8) is 0 Å². The second-order valence-corrected chi connectivity index (χ2v) is 19.2. The summed E-state index contributed by atoms with van der Waals surface area (Å²) in [6.07, 6.45) is 6.40. The molecule has 2 bridgehead atoms. The number of benzene rings is 2. The molecule has 3 fully saturated rings. The van der Waals surface area contributed by atoms with Gasteiger partial charge in [-0.3, -0.25) is 14.5 Å². The molecule has 1 unspecified atom stereocenters. The lowest BCUT2D eigenvalue weighted by molar-refractivity contribution is -0.228. The molecule has 1 saturated carbocycles. The number of aliphatic hydroxyl groups is 1. The van der Waals surface area contributed by atoms with Crippen LogP contribution in [0.1, 0.15) is 75.3 Å². The molecule has 1 spiro atoms. The number of nitrogens with two attached hydrogens (primary N) is 1. The standard InChI is InChI=1S/C47H60N6O8S/c1-8-43(50-42(48)62)23-28-24-46(40(55)59-6,36-30(15-19-52(25-28)26-43)29-13-10-11-14-33(29)49-36)32-21-31-34(22-35(32)58-5)51(4)38-45(31)17-20-53-18-12-16-44(9-2,37(45)53)39(61-27(3)54)47(38,57)41(56)60-7/h10-14,16,21-22,28,37-39,49,57H,8-9,15,17-20,23-26H2,1-7H3,(H3,48,50,62)/t28-,37-,38+,39+,43-,44+,45+,46-,47-/m0/s1. The highest BCUT2D eigenvalue weighted by Gasteiger charge is 2.80. The second kappa shape index (κ2) is 15.0. The average Bonchev–Trinajstić information content (AvgIpc) is 3.92. The Morgan fingerprint density at radius 2 is 1.77 bits per heavy atom. The number of anilines is 1. The Morgan fingerprint density at radius 1 is 1.02 bits per heavy atom. The lowest BCUT2D eigenvalue weighted by Crippen LogP contribution is -2.81. The number of carbonyl (C=O) groups is 3. The van der Waals surface area contributed by atoms with E-state index in [1.54, 1.807) is 7.11 Å². The zero-order valence-electron chi connectivity index (χ0n) is 36.8. The average molecular weight is 869 g/mol. The largest absolute Gasteiger partial charge is 0.496 e. The number of esters is 3. The van der Waals surface area contributed by atoms with Crippen LogP contribution < -0.4 is 20.7 Å². The maximum absolute atomic E-state index is 15.5. The number of piperidine rings is 1. The number of likely N-dealkylation sites (N-methyl/N-ethyl adjacent to an activating group) is 1. The van der Waals surface area contributed by atoms with Crippen molar-refractivity contribution in [1.29, 1.82) is 0 Å². The first-order chi connectivity index (χ1) is 29.6. The van der Waals surface area contributed by atoms with Gasteiger partial charge in [0.2, 0.25) is 5.60 Å². The van der Waals surface area contributed by atoms with Crippen LogP contribution in [0.3, 0.4) is 0 Å². The molecule has 2 aromatic carbocycles. The van der Waals surface area contributed by atoms with Gasteiger partial charge in [0.25, 0.3) is 0 Å². The predicted octanol–water partition coefficient (Wildman–Crippen LogP) is 3.83. The molecule has 14 nitrogen and oxygen atoms in total. The number of H-pyrrole nitrogens is 1. The number of para-hydroxylation sites is 1. The molecule has 5 N–H and O–H groups in total. The monoisotopic (exact) mass is 868 g/mol. The summed E-state index contributed by atoms with van der Waals surface area (Å²) >= 11 is 5.47. The SMILES string of the molecule is CC[C@]1(NC(N)=S)C[C@@H]2CN(CCc3c([nH]c4ccccc34)[C@@](C(=O)OC)(c3cc4c(cc3OC)N(C)[C@H]3[C@@](O)(C(=O)OC)[C@H](OC(C)=O)[C@]5(CC)C=CCN6CC[C@]43[C@@H]65)C2)C1. The Kier molecular flexibility index (Phi) is 10.3. The molecule has 10 atom stereocenters. The molecular weight excluding hydrogens is 809 g/mol. The number of methoxy groups -OCH3 is 3. The van der Waals surface area contributed by atoms with Crippen molar-refractivity contribution in [2.24, 2.45) is 17.1 Å². The van der Waals surface area contributed by atoms with Crippen molar-refractivity contribution in [2.75, 3.05) is 66.0 Å². The van der Waals surface area contributed by atoms with Crippen molar-refractivity contribution in [3.8, 4) is 5.75 Å². The summed E-state index contributed by atoms with van der Waals surface area (Å²) in [7, 11) is 6.19. The van der Waals surface area contributed by atoms with Crippen molar-refractivity contribution < 1.29 is 38.4 Å². The van der Waals surface area contributed by atoms with Crippen LogP contribution in [-0.2, 0) is 45.8 Å². The molecule has 15 heteroatoms. The van der Waals surface area contributed by atoms with Crippen molar-refractivity contribution in [2.45, 2.75) is 99.5 Å². The molecule has 2 saturated heterocycles. The highest BCUT2D eigenvalue weighted by atomic mass is 32.1. The second-order valence-electron chi connectivity index (χ2n) is 18.7. The minimum Gasteiger partial charge on any atom is -0.496 e. The highest BCUT2D eigenvalue weighted by molar-refractivity contribution is 7.80. The third-order valence-corrected chi connectivity index (χ3v) is 16.1. The molecule has 0 amide bonds. The van der Waals surface area contributed by atoms with E-state index < -0.39 is 57.4 Å². The minimum absolute atomic E-state index is 0.0321. The Bertz CT molecular complexity index is 2390. The van der Waals surface area contributed by atoms with Gasteiger partial charge in [-0.15, -0.1) is 0 Å². The molecule has 6 heterocycles. The molecule has 0 radical (unpaired) electrons. The normalized spacial score (nSPS) is 35.6. The molecule has 1 aromatic heterocycles. The number of fused-ring (bicyclic) bond motifs is 6. The Labute approximate surface area is 368 Å². The molecular formula is C47H60N6O8S. The van der Waals surface area contributed by atoms with E-state index in [4.69, 9.17) is 36.9 Å². The number of aromatic amines is 1. The summed E-state index contributed by atoms with van der Waals surface area (Å²) in [6, 6.07) is 11.0. The number of hydrogen-bond acceptors (Lipinski definition) is 12. The summed E-state index contributed by atoms with van der Waals surface area (Å²) in [5.74, 6) is -1.46. The van der Waals surface area contributed by atoms with Crippen molar-refractivity contribution >= 4 is 51.8 Å². The Balaban J connectivity index is 1.35. The van der Waals surface area contributed by atoms with Gasteiger partial charge in [0, 0.05) is 90.9 Å². The van der Waals surface area contributed by atoms with Gasteiger partial charge in [0.1, 0.15) is 11.2 Å². The smallest absolute Gasteiger partial charge is 0.344 e. The van der Waals surface area contributed by atoms with E-state index in [2.05, 4.69) is 51.3 Å². The van der Waals surface area contributed by atoms with Gasteiger partial charge in [-0.05, 0) is 86.5 Å². The van der Waals surface area contributed by atoms with Crippen LogP contribution in [-0.4, -0.2) is 133 Å². The van der Waals surface area contributed by atoms with Crippen molar-refractivity contribution in [1.82, 2.24) is 20.1 Å². The first-order valence-corrected chi connectivity index (χ1v) is 22.4. The fourth-order valence-electron chi connectivity index (χ4n) is 14.0. The van der Waals surface area contributed by atoms with Crippen LogP contribution in [0.4, 0.5) is 5.69 Å². The first kappa shape index (κ1) is 42.6. The summed E-state index contributed by atoms with van der Waals surface area (Å²) < 4.78 is 24.1. The summed E-state index contributed by atoms with van der Waals surface area (Å²) in [4.78, 5) is 53.6. The van der Waals surface area contributed by atoms with Gasteiger partial charge >= 0.3 is 17.9 Å². The van der Waals surface area contributed by atoms with E-state index in [-0.39, 0.29) is 17.1 Å². The lowest BCUT2D eigenvalue weighted by Gasteiger charge is -2.63. The van der Waals surface area contributed by atoms with E-state index in [0.717, 1.165) is 59.5 Å². The van der Waals surface area contributed by atoms with Crippen LogP contribution >= 0.6 is 12.2 Å². The van der Waals surface area contributed by atoms with Gasteiger partial charge < -0.3 is 49.9 Å². The van der Waals surface area contributed by atoms with Crippen molar-refractivity contribution in [3.05, 3.63) is 70.9 Å². The first-order valence-electron chi connectivity index (χ1n) is 22.0. The zero-order chi connectivity index (χ0) is 44.1. The number of carbonyl (C=O) groups excluding carboxylic acids is 3.